The van der Waals surface area contributed by atoms with Gasteiger partial charge < -0.3 is 0 Å². The number of hydrazone groups is 1. The molecule has 1 aliphatic heterocycles. The molecule has 25 heavy (non-hydrogen) atoms. The van der Waals surface area contributed by atoms with E-state index in [0.29, 0.717) is 0 Å². The third-order valence-corrected chi connectivity index (χ3v) is 5.10. The van der Waals surface area contributed by atoms with Crippen LogP contribution in [0.25, 0.3) is 0 Å². The SMILES string of the molecule is Cc1ccc([C@@H]2CC(c3ccc(Br)cc3)=NN2c2ccccc2)cc1. The average Bonchev–Trinajstić information content (AvgIpc) is 3.09. The lowest BCUT2D eigenvalue weighted by Gasteiger charge is -2.24. The largest absolute Gasteiger partial charge is 0.257 e. The summed E-state index contributed by atoms with van der Waals surface area (Å²) >= 11 is 3.51. The molecule has 0 spiro atoms. The van der Waals surface area contributed by atoms with Crippen molar-refractivity contribution in [2.45, 2.75) is 19.4 Å². The van der Waals surface area contributed by atoms with Gasteiger partial charge in [0.2, 0.25) is 0 Å². The van der Waals surface area contributed by atoms with Gasteiger partial charge in [0, 0.05) is 10.9 Å². The fraction of sp³-hybridized carbons (Fsp3) is 0.136. The highest BCUT2D eigenvalue weighted by Crippen LogP contribution is 2.36. The van der Waals surface area contributed by atoms with Crippen molar-refractivity contribution in [3.63, 3.8) is 0 Å². The quantitative estimate of drug-likeness (QED) is 0.526. The minimum Gasteiger partial charge on any atom is -0.257 e. The predicted octanol–water partition coefficient (Wildman–Crippen LogP) is 6.11. The summed E-state index contributed by atoms with van der Waals surface area (Å²) in [5, 5.41) is 7.13. The van der Waals surface area contributed by atoms with Gasteiger partial charge in [0.15, 0.2) is 0 Å². The van der Waals surface area contributed by atoms with Crippen molar-refractivity contribution in [1.82, 2.24) is 0 Å². The van der Waals surface area contributed by atoms with Gasteiger partial charge >= 0.3 is 0 Å². The Bertz CT molecular complexity index is 884. The van der Waals surface area contributed by atoms with Crippen LogP contribution in [0.1, 0.15) is 29.2 Å². The summed E-state index contributed by atoms with van der Waals surface area (Å²) in [4.78, 5) is 0. The topological polar surface area (TPSA) is 15.6 Å². The van der Waals surface area contributed by atoms with Gasteiger partial charge in [0.1, 0.15) is 0 Å². The van der Waals surface area contributed by atoms with Crippen LogP contribution in [-0.4, -0.2) is 5.71 Å². The van der Waals surface area contributed by atoms with Crippen molar-refractivity contribution in [2.75, 3.05) is 5.01 Å². The molecule has 3 aromatic carbocycles. The van der Waals surface area contributed by atoms with Gasteiger partial charge in [-0.25, -0.2) is 0 Å². The highest BCUT2D eigenvalue weighted by molar-refractivity contribution is 9.10. The predicted molar refractivity (Wildman–Crippen MR) is 108 cm³/mol. The van der Waals surface area contributed by atoms with E-state index in [1.54, 1.807) is 0 Å². The maximum absolute atomic E-state index is 4.97. The highest BCUT2D eigenvalue weighted by Gasteiger charge is 2.29. The minimum absolute atomic E-state index is 0.224. The lowest BCUT2D eigenvalue weighted by molar-refractivity contribution is 0.709. The average molecular weight is 391 g/mol. The third kappa shape index (κ3) is 3.38. The lowest BCUT2D eigenvalue weighted by Crippen LogP contribution is -2.18. The Labute approximate surface area is 156 Å². The van der Waals surface area contributed by atoms with E-state index < -0.39 is 0 Å². The van der Waals surface area contributed by atoms with Crippen molar-refractivity contribution in [3.05, 3.63) is 100 Å². The van der Waals surface area contributed by atoms with Crippen LogP contribution >= 0.6 is 15.9 Å². The van der Waals surface area contributed by atoms with E-state index in [-0.39, 0.29) is 6.04 Å². The van der Waals surface area contributed by atoms with E-state index in [9.17, 15) is 0 Å². The zero-order chi connectivity index (χ0) is 17.2. The summed E-state index contributed by atoms with van der Waals surface area (Å²) in [7, 11) is 0. The molecule has 1 atom stereocenters. The molecule has 0 unspecified atom stereocenters. The second-order valence-electron chi connectivity index (χ2n) is 6.36. The van der Waals surface area contributed by atoms with Crippen molar-refractivity contribution in [2.24, 2.45) is 5.10 Å². The molecule has 1 heterocycles. The second kappa shape index (κ2) is 6.85. The fourth-order valence-corrected chi connectivity index (χ4v) is 3.46. The molecule has 0 radical (unpaired) electrons. The van der Waals surface area contributed by atoms with Crippen LogP contribution in [0.5, 0.6) is 0 Å². The fourth-order valence-electron chi connectivity index (χ4n) is 3.19. The Kier molecular flexibility index (Phi) is 4.41. The molecular weight excluding hydrogens is 372 g/mol. The van der Waals surface area contributed by atoms with Crippen LogP contribution < -0.4 is 5.01 Å². The first-order valence-corrected chi connectivity index (χ1v) is 9.24. The molecule has 0 bridgehead atoms. The molecule has 124 valence electrons. The Morgan fingerprint density at radius 2 is 1.56 bits per heavy atom. The van der Waals surface area contributed by atoms with Crippen LogP contribution in [0, 0.1) is 6.92 Å². The van der Waals surface area contributed by atoms with Crippen molar-refractivity contribution >= 4 is 27.3 Å². The first kappa shape index (κ1) is 16.1. The van der Waals surface area contributed by atoms with Gasteiger partial charge in [-0.3, -0.25) is 5.01 Å². The zero-order valence-corrected chi connectivity index (χ0v) is 15.6. The van der Waals surface area contributed by atoms with E-state index in [0.717, 1.165) is 22.3 Å². The number of nitrogens with zero attached hydrogens (tertiary/aromatic N) is 2. The summed E-state index contributed by atoms with van der Waals surface area (Å²) in [5.74, 6) is 0. The van der Waals surface area contributed by atoms with E-state index >= 15 is 0 Å². The monoisotopic (exact) mass is 390 g/mol. The number of benzene rings is 3. The number of aryl methyl sites for hydroxylation is 1. The van der Waals surface area contributed by atoms with Gasteiger partial charge in [-0.1, -0.05) is 76.1 Å². The molecule has 0 amide bonds. The van der Waals surface area contributed by atoms with Crippen molar-refractivity contribution in [3.8, 4) is 0 Å². The molecule has 2 nitrogen and oxygen atoms in total. The van der Waals surface area contributed by atoms with E-state index in [4.69, 9.17) is 5.10 Å². The summed E-state index contributed by atoms with van der Waals surface area (Å²) in [6.45, 7) is 2.12. The Morgan fingerprint density at radius 1 is 0.880 bits per heavy atom. The maximum Gasteiger partial charge on any atom is 0.0831 e. The van der Waals surface area contributed by atoms with Crippen LogP contribution in [0.3, 0.4) is 0 Å². The van der Waals surface area contributed by atoms with E-state index in [1.807, 2.05) is 6.07 Å². The van der Waals surface area contributed by atoms with Gasteiger partial charge in [0.05, 0.1) is 17.4 Å². The van der Waals surface area contributed by atoms with Gasteiger partial charge in [-0.05, 0) is 42.3 Å². The standard InChI is InChI=1S/C22H19BrN2/c1-16-7-9-18(10-8-16)22-15-21(17-11-13-19(23)14-12-17)24-25(22)20-5-3-2-4-6-20/h2-14,22H,15H2,1H3/t22-/m0/s1. The second-order valence-corrected chi connectivity index (χ2v) is 7.28. The third-order valence-electron chi connectivity index (χ3n) is 4.57. The van der Waals surface area contributed by atoms with Gasteiger partial charge in [-0.15, -0.1) is 0 Å². The van der Waals surface area contributed by atoms with Crippen LogP contribution in [0.15, 0.2) is 88.4 Å². The maximum atomic E-state index is 4.97. The molecule has 1 aliphatic rings. The van der Waals surface area contributed by atoms with Crippen LogP contribution in [0.2, 0.25) is 0 Å². The number of hydrogen-bond acceptors (Lipinski definition) is 2. The zero-order valence-electron chi connectivity index (χ0n) is 14.1. The number of rotatable bonds is 3. The molecule has 0 saturated carbocycles. The molecule has 3 heteroatoms. The highest BCUT2D eigenvalue weighted by atomic mass is 79.9. The van der Waals surface area contributed by atoms with Crippen molar-refractivity contribution < 1.29 is 0 Å². The smallest absolute Gasteiger partial charge is 0.0831 e. The molecule has 4 rings (SSSR count). The summed E-state index contributed by atoms with van der Waals surface area (Å²) in [5.41, 5.74) is 6.01. The van der Waals surface area contributed by atoms with Crippen molar-refractivity contribution in [1.29, 1.82) is 0 Å². The van der Waals surface area contributed by atoms with Gasteiger partial charge in [-0.2, -0.15) is 5.10 Å². The number of halogens is 1. The molecule has 3 aromatic rings. The lowest BCUT2D eigenvalue weighted by atomic mass is 9.97. The normalized spacial score (nSPS) is 16.8. The Morgan fingerprint density at radius 3 is 2.24 bits per heavy atom. The van der Waals surface area contributed by atoms with E-state index in [1.165, 1.54) is 16.7 Å². The molecule has 0 saturated heterocycles. The summed E-state index contributed by atoms with van der Waals surface area (Å²) < 4.78 is 1.09. The first-order chi connectivity index (χ1) is 12.2. The molecule has 0 N–H and O–H groups in total. The Balaban J connectivity index is 1.73. The number of para-hydroxylation sites is 1. The summed E-state index contributed by atoms with van der Waals surface area (Å²) in [6, 6.07) is 27.8. The van der Waals surface area contributed by atoms with Gasteiger partial charge in [0.25, 0.3) is 0 Å². The number of anilines is 1. The first-order valence-electron chi connectivity index (χ1n) is 8.45. The van der Waals surface area contributed by atoms with Crippen LogP contribution in [-0.2, 0) is 0 Å². The molecule has 0 aromatic heterocycles. The Hall–Kier alpha value is -2.39. The van der Waals surface area contributed by atoms with E-state index in [2.05, 4.69) is 101 Å². The minimum atomic E-state index is 0.224. The molecular formula is C22H19BrN2. The molecule has 0 aliphatic carbocycles. The van der Waals surface area contributed by atoms with Crippen LogP contribution in [0.4, 0.5) is 5.69 Å². The summed E-state index contributed by atoms with van der Waals surface area (Å²) in [6.07, 6.45) is 0.902. The molecule has 0 fully saturated rings. The number of hydrogen-bond donors (Lipinski definition) is 0.